The van der Waals surface area contributed by atoms with E-state index < -0.39 is 10.2 Å². The molecule has 3 N–H and O–H groups in total. The molecule has 25 heavy (non-hydrogen) atoms. The van der Waals surface area contributed by atoms with Crippen molar-refractivity contribution in [3.8, 4) is 0 Å². The van der Waals surface area contributed by atoms with Gasteiger partial charge in [0.05, 0.1) is 6.33 Å². The third kappa shape index (κ3) is 8.49. The fourth-order valence-corrected chi connectivity index (χ4v) is 3.43. The normalized spacial score (nSPS) is 11.7. The van der Waals surface area contributed by atoms with Crippen molar-refractivity contribution >= 4 is 21.8 Å². The Morgan fingerprint density at radius 3 is 2.44 bits per heavy atom. The summed E-state index contributed by atoms with van der Waals surface area (Å²) in [6.07, 6.45) is 9.79. The van der Waals surface area contributed by atoms with Gasteiger partial charge in [0.2, 0.25) is 0 Å². The number of aromatic amines is 1. The Morgan fingerprint density at radius 1 is 1.00 bits per heavy atom. The van der Waals surface area contributed by atoms with Crippen molar-refractivity contribution < 1.29 is 8.42 Å². The number of rotatable bonds is 12. The predicted molar refractivity (Wildman–Crippen MR) is 101 cm³/mol. The smallest absolute Gasteiger partial charge is 0.277 e. The molecular formula is C17H25ClN4O2S. The average molecular weight is 385 g/mol. The van der Waals surface area contributed by atoms with E-state index in [1.807, 2.05) is 6.20 Å². The lowest BCUT2D eigenvalue weighted by molar-refractivity contribution is 0.555. The van der Waals surface area contributed by atoms with Gasteiger partial charge in [-0.2, -0.15) is 13.1 Å². The summed E-state index contributed by atoms with van der Waals surface area (Å²) >= 11 is 5.80. The molecular weight excluding hydrogens is 360 g/mol. The molecule has 0 unspecified atom stereocenters. The van der Waals surface area contributed by atoms with Crippen molar-refractivity contribution in [1.29, 1.82) is 0 Å². The van der Waals surface area contributed by atoms with Crippen molar-refractivity contribution in [1.82, 2.24) is 19.4 Å². The summed E-state index contributed by atoms with van der Waals surface area (Å²) in [5, 5.41) is 0.634. The number of nitrogens with one attached hydrogen (secondary N) is 3. The molecule has 138 valence electrons. The second-order valence-corrected chi connectivity index (χ2v) is 7.96. The third-order valence-corrected chi connectivity index (χ3v) is 5.21. The van der Waals surface area contributed by atoms with Gasteiger partial charge >= 0.3 is 0 Å². The summed E-state index contributed by atoms with van der Waals surface area (Å²) in [6.45, 7) is 0.705. The molecule has 0 atom stereocenters. The lowest BCUT2D eigenvalue weighted by Gasteiger charge is -2.08. The van der Waals surface area contributed by atoms with E-state index in [1.165, 1.54) is 5.69 Å². The summed E-state index contributed by atoms with van der Waals surface area (Å²) in [5.74, 6) is 0. The van der Waals surface area contributed by atoms with Gasteiger partial charge in [-0.05, 0) is 37.0 Å². The average Bonchev–Trinajstić information content (AvgIpc) is 3.10. The van der Waals surface area contributed by atoms with E-state index in [9.17, 15) is 8.42 Å². The highest BCUT2D eigenvalue weighted by Gasteiger charge is 2.08. The maximum atomic E-state index is 11.9. The number of unbranched alkanes of at least 4 members (excludes halogenated alkanes) is 4. The molecule has 8 heteroatoms. The first kappa shape index (κ1) is 19.9. The molecule has 2 aromatic rings. The Morgan fingerprint density at radius 2 is 1.72 bits per heavy atom. The molecule has 1 aromatic carbocycles. The van der Waals surface area contributed by atoms with Crippen LogP contribution < -0.4 is 9.44 Å². The molecule has 0 radical (unpaired) electrons. The second kappa shape index (κ2) is 10.6. The molecule has 1 aromatic heterocycles. The van der Waals surface area contributed by atoms with Crippen LogP contribution in [-0.4, -0.2) is 24.9 Å². The Balaban J connectivity index is 1.50. The van der Waals surface area contributed by atoms with E-state index in [2.05, 4.69) is 19.4 Å². The molecule has 0 fully saturated rings. The Hall–Kier alpha value is -1.41. The summed E-state index contributed by atoms with van der Waals surface area (Å²) in [6, 6.07) is 7.08. The molecule has 1 heterocycles. The molecule has 2 rings (SSSR count). The minimum atomic E-state index is -3.46. The zero-order valence-electron chi connectivity index (χ0n) is 14.2. The fraction of sp³-hybridized carbons (Fsp3) is 0.471. The van der Waals surface area contributed by atoms with Crippen LogP contribution in [-0.2, 0) is 23.2 Å². The van der Waals surface area contributed by atoms with Gasteiger partial charge in [0.1, 0.15) is 0 Å². The van der Waals surface area contributed by atoms with Crippen LogP contribution in [0.3, 0.4) is 0 Å². The van der Waals surface area contributed by atoms with Crippen molar-refractivity contribution in [2.75, 3.05) is 6.54 Å². The number of halogens is 1. The molecule has 0 bridgehead atoms. The van der Waals surface area contributed by atoms with Crippen molar-refractivity contribution in [3.05, 3.63) is 53.1 Å². The van der Waals surface area contributed by atoms with Gasteiger partial charge in [0, 0.05) is 30.0 Å². The standard InChI is InChI=1S/C17H25ClN4O2S/c18-16-9-7-15(8-10-16)12-22-25(23,24)21-11-5-3-1-2-4-6-17-13-19-14-20-17/h7-10,13-14,21-22H,1-6,11-12H2,(H,19,20). The number of hydrogen-bond donors (Lipinski definition) is 3. The molecule has 0 saturated carbocycles. The Kier molecular flexibility index (Phi) is 8.40. The second-order valence-electron chi connectivity index (χ2n) is 5.94. The van der Waals surface area contributed by atoms with Crippen LogP contribution in [0.25, 0.3) is 0 Å². The molecule has 0 aliphatic carbocycles. The van der Waals surface area contributed by atoms with Crippen LogP contribution in [0.2, 0.25) is 5.02 Å². The topological polar surface area (TPSA) is 86.9 Å². The van der Waals surface area contributed by atoms with Gasteiger partial charge < -0.3 is 4.98 Å². The van der Waals surface area contributed by atoms with E-state index in [1.54, 1.807) is 30.6 Å². The first-order chi connectivity index (χ1) is 12.1. The molecule has 0 aliphatic rings. The fourth-order valence-electron chi connectivity index (χ4n) is 2.43. The summed E-state index contributed by atoms with van der Waals surface area (Å²) in [4.78, 5) is 7.08. The van der Waals surface area contributed by atoms with Crippen molar-refractivity contribution in [2.45, 2.75) is 45.1 Å². The van der Waals surface area contributed by atoms with Crippen LogP contribution >= 0.6 is 11.6 Å². The first-order valence-corrected chi connectivity index (χ1v) is 10.4. The predicted octanol–water partition coefficient (Wildman–Crippen LogP) is 3.18. The number of aromatic nitrogens is 2. The number of nitrogens with zero attached hydrogens (tertiary/aromatic N) is 1. The van der Waals surface area contributed by atoms with Crippen LogP contribution in [0.5, 0.6) is 0 Å². The Bertz CT molecular complexity index is 703. The van der Waals surface area contributed by atoms with Gasteiger partial charge in [0.15, 0.2) is 0 Å². The summed E-state index contributed by atoms with van der Waals surface area (Å²) < 4.78 is 28.9. The number of benzene rings is 1. The number of hydrogen-bond acceptors (Lipinski definition) is 3. The minimum absolute atomic E-state index is 0.250. The number of aryl methyl sites for hydroxylation is 1. The van der Waals surface area contributed by atoms with Gasteiger partial charge in [-0.3, -0.25) is 0 Å². The summed E-state index contributed by atoms with van der Waals surface area (Å²) in [5.41, 5.74) is 2.03. The van der Waals surface area contributed by atoms with Gasteiger partial charge in [-0.25, -0.2) is 9.71 Å². The highest BCUT2D eigenvalue weighted by atomic mass is 35.5. The van der Waals surface area contributed by atoms with Crippen LogP contribution in [0.4, 0.5) is 0 Å². The molecule has 0 aliphatic heterocycles. The monoisotopic (exact) mass is 384 g/mol. The highest BCUT2D eigenvalue weighted by molar-refractivity contribution is 7.87. The van der Waals surface area contributed by atoms with E-state index in [-0.39, 0.29) is 6.54 Å². The van der Waals surface area contributed by atoms with E-state index in [0.717, 1.165) is 44.1 Å². The number of H-pyrrole nitrogens is 1. The molecule has 0 spiro atoms. The largest absolute Gasteiger partial charge is 0.348 e. The van der Waals surface area contributed by atoms with Gasteiger partial charge in [0.25, 0.3) is 10.2 Å². The van der Waals surface area contributed by atoms with Crippen molar-refractivity contribution in [3.63, 3.8) is 0 Å². The van der Waals surface area contributed by atoms with Gasteiger partial charge in [-0.15, -0.1) is 0 Å². The highest BCUT2D eigenvalue weighted by Crippen LogP contribution is 2.09. The minimum Gasteiger partial charge on any atom is -0.348 e. The maximum absolute atomic E-state index is 11.9. The lowest BCUT2D eigenvalue weighted by Crippen LogP contribution is -2.36. The molecule has 6 nitrogen and oxygen atoms in total. The van der Waals surface area contributed by atoms with Crippen LogP contribution in [0.15, 0.2) is 36.8 Å². The van der Waals surface area contributed by atoms with Crippen molar-refractivity contribution in [2.24, 2.45) is 0 Å². The maximum Gasteiger partial charge on any atom is 0.277 e. The quantitative estimate of drug-likeness (QED) is 0.491. The lowest BCUT2D eigenvalue weighted by atomic mass is 10.1. The first-order valence-electron chi connectivity index (χ1n) is 8.51. The zero-order valence-corrected chi connectivity index (χ0v) is 15.7. The van der Waals surface area contributed by atoms with Gasteiger partial charge in [-0.1, -0.05) is 43.0 Å². The van der Waals surface area contributed by atoms with E-state index >= 15 is 0 Å². The summed E-state index contributed by atoms with van der Waals surface area (Å²) in [7, 11) is -3.46. The van der Waals surface area contributed by atoms with E-state index in [4.69, 9.17) is 11.6 Å². The SMILES string of the molecule is O=S(=O)(NCCCCCCCc1cnc[nH]1)NCc1ccc(Cl)cc1. The van der Waals surface area contributed by atoms with Crippen LogP contribution in [0, 0.1) is 0 Å². The Labute approximate surface area is 154 Å². The van der Waals surface area contributed by atoms with E-state index in [0.29, 0.717) is 11.6 Å². The molecule has 0 saturated heterocycles. The molecule has 0 amide bonds. The van der Waals surface area contributed by atoms with Crippen LogP contribution in [0.1, 0.15) is 43.4 Å². The zero-order chi connectivity index (χ0) is 18.0. The number of imidazole rings is 1. The third-order valence-electron chi connectivity index (χ3n) is 3.85.